The van der Waals surface area contributed by atoms with E-state index in [1.165, 1.54) is 0 Å². The summed E-state index contributed by atoms with van der Waals surface area (Å²) in [7, 11) is 0. The first-order valence-corrected chi connectivity index (χ1v) is 8.92. The molecule has 3 rings (SSSR count). The van der Waals surface area contributed by atoms with Crippen molar-refractivity contribution in [2.75, 3.05) is 0 Å². The Balaban J connectivity index is 2.11. The van der Waals surface area contributed by atoms with Crippen molar-refractivity contribution in [2.24, 2.45) is 0 Å². The van der Waals surface area contributed by atoms with E-state index >= 15 is 0 Å². The van der Waals surface area contributed by atoms with Crippen LogP contribution in [0.15, 0.2) is 74.3 Å². The van der Waals surface area contributed by atoms with Gasteiger partial charge in [0.25, 0.3) is 0 Å². The lowest BCUT2D eigenvalue weighted by molar-refractivity contribution is 0.103. The van der Waals surface area contributed by atoms with Crippen LogP contribution < -0.4 is 5.63 Å². The van der Waals surface area contributed by atoms with Crippen LogP contribution in [0.5, 0.6) is 0 Å². The fourth-order valence-electron chi connectivity index (χ4n) is 2.74. The van der Waals surface area contributed by atoms with Crippen molar-refractivity contribution in [1.82, 2.24) is 0 Å². The van der Waals surface area contributed by atoms with Crippen LogP contribution in [-0.4, -0.2) is 5.78 Å². The van der Waals surface area contributed by atoms with Gasteiger partial charge in [-0.25, -0.2) is 4.79 Å². The third-order valence-electron chi connectivity index (χ3n) is 3.94. The highest BCUT2D eigenvalue weighted by molar-refractivity contribution is 9.10. The molecule has 0 bridgehead atoms. The van der Waals surface area contributed by atoms with Crippen molar-refractivity contribution in [2.45, 2.75) is 19.8 Å². The zero-order valence-corrected chi connectivity index (χ0v) is 15.4. The minimum absolute atomic E-state index is 0.129. The predicted molar refractivity (Wildman–Crippen MR) is 102 cm³/mol. The molecular weight excluding hydrogens is 380 g/mol. The summed E-state index contributed by atoms with van der Waals surface area (Å²) in [4.78, 5) is 25.4. The summed E-state index contributed by atoms with van der Waals surface area (Å²) in [6, 6.07) is 18.2. The highest BCUT2D eigenvalue weighted by Crippen LogP contribution is 2.23. The number of carbonyl (C=O) groups is 1. The molecule has 0 amide bonds. The predicted octanol–water partition coefficient (Wildman–Crippen LogP) is 5.25. The Labute approximate surface area is 154 Å². The summed E-state index contributed by atoms with van der Waals surface area (Å²) >= 11 is 3.35. The van der Waals surface area contributed by atoms with Crippen molar-refractivity contribution in [3.63, 3.8) is 0 Å². The molecule has 0 aliphatic rings. The van der Waals surface area contributed by atoms with Crippen LogP contribution in [0.4, 0.5) is 0 Å². The third-order valence-corrected chi connectivity index (χ3v) is 4.47. The van der Waals surface area contributed by atoms with Gasteiger partial charge >= 0.3 is 5.63 Å². The van der Waals surface area contributed by atoms with E-state index in [0.29, 0.717) is 17.7 Å². The highest BCUT2D eigenvalue weighted by Gasteiger charge is 2.20. The van der Waals surface area contributed by atoms with Gasteiger partial charge in [0.1, 0.15) is 11.3 Å². The summed E-state index contributed by atoms with van der Waals surface area (Å²) < 4.78 is 6.34. The number of benzene rings is 2. The van der Waals surface area contributed by atoms with Gasteiger partial charge in [-0.05, 0) is 42.3 Å². The number of aryl methyl sites for hydroxylation is 1. The zero-order chi connectivity index (χ0) is 17.8. The first-order valence-electron chi connectivity index (χ1n) is 8.13. The van der Waals surface area contributed by atoms with Crippen LogP contribution in [0, 0.1) is 0 Å². The number of hydrogen-bond acceptors (Lipinski definition) is 3. The second-order valence-corrected chi connectivity index (χ2v) is 6.67. The van der Waals surface area contributed by atoms with Gasteiger partial charge in [0.05, 0.1) is 0 Å². The molecule has 3 aromatic rings. The van der Waals surface area contributed by atoms with Gasteiger partial charge in [-0.1, -0.05) is 59.6 Å². The summed E-state index contributed by atoms with van der Waals surface area (Å²) in [5.41, 5.74) is 1.56. The molecule has 0 N–H and O–H groups in total. The lowest BCUT2D eigenvalue weighted by Gasteiger charge is -2.09. The molecule has 25 heavy (non-hydrogen) atoms. The lowest BCUT2D eigenvalue weighted by Crippen LogP contribution is -2.18. The average Bonchev–Trinajstić information content (AvgIpc) is 2.62. The Kier molecular flexibility index (Phi) is 5.29. The molecule has 0 saturated heterocycles. The summed E-state index contributed by atoms with van der Waals surface area (Å²) in [5.74, 6) is 0.186. The number of halogens is 1. The van der Waals surface area contributed by atoms with Gasteiger partial charge < -0.3 is 4.42 Å². The Hall–Kier alpha value is -2.46. The Bertz CT molecular complexity index is 941. The van der Waals surface area contributed by atoms with Gasteiger partial charge in [-0.3, -0.25) is 4.79 Å². The fraction of sp³-hybridized carbons (Fsp3) is 0.143. The number of hydrogen-bond donors (Lipinski definition) is 0. The minimum Gasteiger partial charge on any atom is -0.422 e. The molecule has 0 aliphatic heterocycles. The van der Waals surface area contributed by atoms with Crippen molar-refractivity contribution in [3.05, 3.63) is 92.2 Å². The first-order chi connectivity index (χ1) is 12.1. The van der Waals surface area contributed by atoms with Crippen LogP contribution in [0.25, 0.3) is 11.3 Å². The van der Waals surface area contributed by atoms with E-state index in [-0.39, 0.29) is 11.3 Å². The maximum atomic E-state index is 12.8. The Morgan fingerprint density at radius 1 is 1.04 bits per heavy atom. The third kappa shape index (κ3) is 3.80. The fourth-order valence-corrected chi connectivity index (χ4v) is 3.00. The molecule has 1 heterocycles. The van der Waals surface area contributed by atoms with E-state index in [0.717, 1.165) is 22.0 Å². The topological polar surface area (TPSA) is 47.3 Å². The normalized spacial score (nSPS) is 10.6. The monoisotopic (exact) mass is 396 g/mol. The summed E-state index contributed by atoms with van der Waals surface area (Å²) in [6.45, 7) is 2.02. The second kappa shape index (κ2) is 7.62. The lowest BCUT2D eigenvalue weighted by atomic mass is 9.96. The molecule has 0 unspecified atom stereocenters. The maximum Gasteiger partial charge on any atom is 0.347 e. The van der Waals surface area contributed by atoms with E-state index in [1.54, 1.807) is 24.3 Å². The summed E-state index contributed by atoms with van der Waals surface area (Å²) in [6.07, 6.45) is 1.47. The van der Waals surface area contributed by atoms with Gasteiger partial charge in [0.15, 0.2) is 0 Å². The van der Waals surface area contributed by atoms with Gasteiger partial charge in [0.2, 0.25) is 5.78 Å². The number of rotatable bonds is 5. The Morgan fingerprint density at radius 2 is 1.72 bits per heavy atom. The zero-order valence-electron chi connectivity index (χ0n) is 13.8. The first kappa shape index (κ1) is 17.4. The van der Waals surface area contributed by atoms with Crippen molar-refractivity contribution in [1.29, 1.82) is 0 Å². The number of ketones is 1. The van der Waals surface area contributed by atoms with Crippen molar-refractivity contribution < 1.29 is 9.21 Å². The molecule has 0 atom stereocenters. The molecule has 0 aliphatic carbocycles. The number of carbonyl (C=O) groups excluding carboxylic acids is 1. The minimum atomic E-state index is -0.585. The van der Waals surface area contributed by atoms with Gasteiger partial charge in [-0.2, -0.15) is 0 Å². The molecule has 4 heteroatoms. The van der Waals surface area contributed by atoms with Gasteiger partial charge in [0, 0.05) is 15.6 Å². The maximum absolute atomic E-state index is 12.8. The molecule has 0 radical (unpaired) electrons. The molecule has 3 nitrogen and oxygen atoms in total. The average molecular weight is 397 g/mol. The molecular formula is C21H17BrO3. The summed E-state index contributed by atoms with van der Waals surface area (Å²) in [5, 5.41) is 0. The van der Waals surface area contributed by atoms with Crippen molar-refractivity contribution in [3.8, 4) is 11.3 Å². The second-order valence-electron chi connectivity index (χ2n) is 5.75. The molecule has 0 saturated carbocycles. The standard InChI is InChI=1S/C21H17BrO3/c1-2-6-16-13-18(14-7-4-3-5-8-14)25-21(24)19(16)20(23)15-9-11-17(22)12-10-15/h3-5,7-13H,2,6H2,1H3. The van der Waals surface area contributed by atoms with E-state index in [9.17, 15) is 9.59 Å². The van der Waals surface area contributed by atoms with E-state index in [4.69, 9.17) is 4.42 Å². The molecule has 126 valence electrons. The van der Waals surface area contributed by atoms with E-state index in [1.807, 2.05) is 43.3 Å². The van der Waals surface area contributed by atoms with Crippen LogP contribution in [0.2, 0.25) is 0 Å². The van der Waals surface area contributed by atoms with Crippen molar-refractivity contribution >= 4 is 21.7 Å². The molecule has 0 spiro atoms. The molecule has 1 aromatic heterocycles. The van der Waals surface area contributed by atoms with Crippen LogP contribution in [0.3, 0.4) is 0 Å². The Morgan fingerprint density at radius 3 is 2.36 bits per heavy atom. The molecule has 0 fully saturated rings. The quantitative estimate of drug-likeness (QED) is 0.553. The van der Waals surface area contributed by atoms with Gasteiger partial charge in [-0.15, -0.1) is 0 Å². The van der Waals surface area contributed by atoms with Crippen LogP contribution in [0.1, 0.15) is 34.8 Å². The van der Waals surface area contributed by atoms with E-state index in [2.05, 4.69) is 15.9 Å². The smallest absolute Gasteiger partial charge is 0.347 e. The molecule has 2 aromatic carbocycles. The van der Waals surface area contributed by atoms with E-state index < -0.39 is 5.63 Å². The van der Waals surface area contributed by atoms with Crippen LogP contribution >= 0.6 is 15.9 Å². The largest absolute Gasteiger partial charge is 0.422 e. The van der Waals surface area contributed by atoms with Crippen LogP contribution in [-0.2, 0) is 6.42 Å². The SMILES string of the molecule is CCCc1cc(-c2ccccc2)oc(=O)c1C(=O)c1ccc(Br)cc1. The highest BCUT2D eigenvalue weighted by atomic mass is 79.9.